The van der Waals surface area contributed by atoms with E-state index in [0.717, 1.165) is 5.56 Å². The summed E-state index contributed by atoms with van der Waals surface area (Å²) in [6.45, 7) is 0. The molecular formula is C14H16O5. The van der Waals surface area contributed by atoms with Crippen LogP contribution in [0.25, 0.3) is 0 Å². The first-order valence-corrected chi connectivity index (χ1v) is 6.22. The van der Waals surface area contributed by atoms with E-state index >= 15 is 0 Å². The number of benzene rings is 1. The molecule has 5 heteroatoms. The minimum Gasteiger partial charge on any atom is -0.508 e. The highest BCUT2D eigenvalue weighted by molar-refractivity contribution is 5.74. The maximum Gasteiger partial charge on any atom is 0.306 e. The van der Waals surface area contributed by atoms with E-state index in [1.165, 1.54) is 0 Å². The summed E-state index contributed by atoms with van der Waals surface area (Å²) in [5.74, 6) is -1.99. The predicted molar refractivity (Wildman–Crippen MR) is 67.0 cm³/mol. The van der Waals surface area contributed by atoms with Gasteiger partial charge >= 0.3 is 11.9 Å². The molecule has 0 bridgehead atoms. The summed E-state index contributed by atoms with van der Waals surface area (Å²) in [5.41, 5.74) is 0.896. The molecule has 19 heavy (non-hydrogen) atoms. The highest BCUT2D eigenvalue weighted by atomic mass is 16.4. The van der Waals surface area contributed by atoms with Crippen molar-refractivity contribution in [2.75, 3.05) is 0 Å². The van der Waals surface area contributed by atoms with E-state index in [1.807, 2.05) is 0 Å². The van der Waals surface area contributed by atoms with E-state index in [4.69, 9.17) is 10.2 Å². The number of carboxylic acids is 2. The molecule has 0 heterocycles. The molecule has 0 aliphatic heterocycles. The summed E-state index contributed by atoms with van der Waals surface area (Å²) in [6, 6.07) is 6.56. The lowest BCUT2D eigenvalue weighted by Gasteiger charge is -2.16. The fourth-order valence-corrected chi connectivity index (χ4v) is 2.57. The van der Waals surface area contributed by atoms with Gasteiger partial charge in [0.1, 0.15) is 5.75 Å². The van der Waals surface area contributed by atoms with Gasteiger partial charge in [0.2, 0.25) is 0 Å². The van der Waals surface area contributed by atoms with Crippen LogP contribution in [0.5, 0.6) is 5.75 Å². The molecule has 2 rings (SSSR count). The maximum atomic E-state index is 10.9. The van der Waals surface area contributed by atoms with Crippen molar-refractivity contribution in [1.29, 1.82) is 0 Å². The van der Waals surface area contributed by atoms with Crippen LogP contribution in [0.2, 0.25) is 0 Å². The van der Waals surface area contributed by atoms with Crippen LogP contribution in [-0.4, -0.2) is 27.3 Å². The van der Waals surface area contributed by atoms with Crippen LogP contribution in [-0.2, 0) is 9.59 Å². The van der Waals surface area contributed by atoms with Crippen molar-refractivity contribution in [2.45, 2.75) is 25.2 Å². The Bertz CT molecular complexity index is 479. The number of phenolic OH excluding ortho intramolecular Hbond substituents is 1. The third-order valence-corrected chi connectivity index (χ3v) is 3.66. The van der Waals surface area contributed by atoms with E-state index in [1.54, 1.807) is 24.3 Å². The van der Waals surface area contributed by atoms with Gasteiger partial charge in [0.05, 0.1) is 5.92 Å². The number of phenols is 1. The lowest BCUT2D eigenvalue weighted by atomic mass is 9.88. The quantitative estimate of drug-likeness (QED) is 0.731. The largest absolute Gasteiger partial charge is 0.508 e. The molecule has 0 radical (unpaired) electrons. The smallest absolute Gasteiger partial charge is 0.306 e. The van der Waals surface area contributed by atoms with E-state index in [9.17, 15) is 14.7 Å². The summed E-state index contributed by atoms with van der Waals surface area (Å²) >= 11 is 0. The van der Waals surface area contributed by atoms with Gasteiger partial charge in [-0.1, -0.05) is 12.1 Å². The van der Waals surface area contributed by atoms with Gasteiger partial charge in [-0.15, -0.1) is 0 Å². The molecule has 0 saturated heterocycles. The second kappa shape index (κ2) is 5.30. The van der Waals surface area contributed by atoms with Crippen LogP contribution < -0.4 is 0 Å². The van der Waals surface area contributed by atoms with Crippen molar-refractivity contribution in [3.63, 3.8) is 0 Å². The molecule has 1 aliphatic carbocycles. The first kappa shape index (κ1) is 13.4. The van der Waals surface area contributed by atoms with Crippen molar-refractivity contribution in [3.05, 3.63) is 29.8 Å². The highest BCUT2D eigenvalue weighted by Crippen LogP contribution is 2.50. The van der Waals surface area contributed by atoms with E-state index in [-0.39, 0.29) is 29.9 Å². The van der Waals surface area contributed by atoms with Gasteiger partial charge in [-0.25, -0.2) is 0 Å². The molecule has 0 amide bonds. The summed E-state index contributed by atoms with van der Waals surface area (Å²) in [4.78, 5) is 21.6. The van der Waals surface area contributed by atoms with Crippen LogP contribution in [0, 0.1) is 11.8 Å². The van der Waals surface area contributed by atoms with Crippen molar-refractivity contribution in [2.24, 2.45) is 11.8 Å². The Morgan fingerprint density at radius 2 is 1.84 bits per heavy atom. The molecule has 5 nitrogen and oxygen atoms in total. The Morgan fingerprint density at radius 3 is 2.32 bits per heavy atom. The number of aromatic hydroxyl groups is 1. The van der Waals surface area contributed by atoms with Crippen molar-refractivity contribution < 1.29 is 24.9 Å². The third-order valence-electron chi connectivity index (χ3n) is 3.66. The lowest BCUT2D eigenvalue weighted by molar-refractivity contribution is -0.139. The van der Waals surface area contributed by atoms with Gasteiger partial charge in [0.15, 0.2) is 0 Å². The molecule has 3 unspecified atom stereocenters. The summed E-state index contributed by atoms with van der Waals surface area (Å²) in [5, 5.41) is 27.0. The van der Waals surface area contributed by atoms with Crippen LogP contribution in [0.1, 0.15) is 30.7 Å². The molecule has 1 aromatic rings. The number of rotatable bonds is 6. The lowest BCUT2D eigenvalue weighted by Crippen LogP contribution is -2.09. The highest BCUT2D eigenvalue weighted by Gasteiger charge is 2.48. The van der Waals surface area contributed by atoms with Crippen molar-refractivity contribution >= 4 is 11.9 Å². The van der Waals surface area contributed by atoms with Gasteiger partial charge in [-0.05, 0) is 42.4 Å². The minimum absolute atomic E-state index is 0.00129. The molecule has 102 valence electrons. The second-order valence-corrected chi connectivity index (χ2v) is 4.97. The van der Waals surface area contributed by atoms with Gasteiger partial charge < -0.3 is 15.3 Å². The van der Waals surface area contributed by atoms with Crippen LogP contribution in [0.15, 0.2) is 24.3 Å². The molecule has 0 spiro atoms. The molecule has 1 aliphatic rings. The molecule has 3 N–H and O–H groups in total. The van der Waals surface area contributed by atoms with Gasteiger partial charge in [-0.2, -0.15) is 0 Å². The average Bonchev–Trinajstić information content (AvgIpc) is 3.11. The Kier molecular flexibility index (Phi) is 3.74. The molecule has 1 saturated carbocycles. The summed E-state index contributed by atoms with van der Waals surface area (Å²) in [6.07, 6.45) is 1.05. The summed E-state index contributed by atoms with van der Waals surface area (Å²) in [7, 11) is 0. The fourth-order valence-electron chi connectivity index (χ4n) is 2.57. The van der Waals surface area contributed by atoms with Crippen LogP contribution >= 0.6 is 0 Å². The van der Waals surface area contributed by atoms with Crippen LogP contribution in [0.4, 0.5) is 0 Å². The second-order valence-electron chi connectivity index (χ2n) is 4.97. The normalized spacial score (nSPS) is 22.7. The zero-order chi connectivity index (χ0) is 14.0. The molecule has 3 atom stereocenters. The minimum atomic E-state index is -0.878. The molecule has 1 aromatic carbocycles. The standard InChI is InChI=1S/C14H16O5/c15-9-3-1-8(2-4-9)10(5-6-13(16)17)11-7-12(11)14(18)19/h1-4,10-12,15H,5-7H2,(H,16,17)(H,18,19). The fraction of sp³-hybridized carbons (Fsp3) is 0.429. The Hall–Kier alpha value is -2.04. The molecule has 1 fully saturated rings. The average molecular weight is 264 g/mol. The number of hydrogen-bond donors (Lipinski definition) is 3. The molecule has 0 aromatic heterocycles. The van der Waals surface area contributed by atoms with Crippen LogP contribution in [0.3, 0.4) is 0 Å². The Labute approximate surface area is 110 Å². The molecular weight excluding hydrogens is 248 g/mol. The number of carbonyl (C=O) groups is 2. The number of aliphatic carboxylic acids is 2. The first-order chi connectivity index (χ1) is 8.99. The third kappa shape index (κ3) is 3.24. The Balaban J connectivity index is 2.12. The Morgan fingerprint density at radius 1 is 1.21 bits per heavy atom. The van der Waals surface area contributed by atoms with Crippen molar-refractivity contribution in [1.82, 2.24) is 0 Å². The van der Waals surface area contributed by atoms with Crippen molar-refractivity contribution in [3.8, 4) is 5.75 Å². The van der Waals surface area contributed by atoms with E-state index < -0.39 is 11.9 Å². The zero-order valence-electron chi connectivity index (χ0n) is 10.3. The monoisotopic (exact) mass is 264 g/mol. The zero-order valence-corrected chi connectivity index (χ0v) is 10.3. The first-order valence-electron chi connectivity index (χ1n) is 6.22. The maximum absolute atomic E-state index is 10.9. The van der Waals surface area contributed by atoms with E-state index in [2.05, 4.69) is 0 Å². The van der Waals surface area contributed by atoms with E-state index in [0.29, 0.717) is 12.8 Å². The number of hydrogen-bond acceptors (Lipinski definition) is 3. The number of carboxylic acid groups (broad SMARTS) is 2. The van der Waals surface area contributed by atoms with Gasteiger partial charge in [-0.3, -0.25) is 9.59 Å². The topological polar surface area (TPSA) is 94.8 Å². The van der Waals surface area contributed by atoms with Gasteiger partial charge in [0, 0.05) is 6.42 Å². The van der Waals surface area contributed by atoms with Gasteiger partial charge in [0.25, 0.3) is 0 Å². The summed E-state index contributed by atoms with van der Waals surface area (Å²) < 4.78 is 0. The predicted octanol–water partition coefficient (Wildman–Crippen LogP) is 2.06. The SMILES string of the molecule is O=C(O)CCC(c1ccc(O)cc1)C1CC1C(=O)O.